The summed E-state index contributed by atoms with van der Waals surface area (Å²) in [6.45, 7) is 0. The van der Waals surface area contributed by atoms with Gasteiger partial charge in [-0.25, -0.2) is 17.2 Å². The Morgan fingerprint density at radius 2 is 1.81 bits per heavy atom. The van der Waals surface area contributed by atoms with Crippen LogP contribution in [-0.4, -0.2) is 44.6 Å². The van der Waals surface area contributed by atoms with Gasteiger partial charge in [0.05, 0.1) is 9.79 Å². The Morgan fingerprint density at radius 3 is 2.41 bits per heavy atom. The Kier molecular flexibility index (Phi) is 5.00. The molecule has 0 spiro atoms. The summed E-state index contributed by atoms with van der Waals surface area (Å²) in [4.78, 5) is 17.5. The second kappa shape index (κ2) is 6.97. The number of aromatic nitrogens is 1. The molecule has 0 radical (unpaired) electrons. The minimum absolute atomic E-state index is 0.101. The summed E-state index contributed by atoms with van der Waals surface area (Å²) in [6, 6.07) is 7.63. The van der Waals surface area contributed by atoms with Crippen molar-refractivity contribution in [1.82, 2.24) is 9.88 Å². The number of nitrogens with zero attached hydrogens (tertiary/aromatic N) is 1. The highest BCUT2D eigenvalue weighted by Crippen LogP contribution is 2.39. The topological polar surface area (TPSA) is 70.2 Å². The van der Waals surface area contributed by atoms with E-state index in [0.29, 0.717) is 15.8 Å². The van der Waals surface area contributed by atoms with Crippen molar-refractivity contribution in [3.63, 3.8) is 0 Å². The smallest absolute Gasteiger partial charge is 0.270 e. The van der Waals surface area contributed by atoms with Crippen molar-refractivity contribution in [1.29, 1.82) is 0 Å². The lowest BCUT2D eigenvalue weighted by Crippen LogP contribution is -2.22. The molecule has 3 rings (SSSR count). The van der Waals surface area contributed by atoms with Gasteiger partial charge in [0.15, 0.2) is 9.84 Å². The van der Waals surface area contributed by atoms with Crippen LogP contribution in [0.2, 0.25) is 0 Å². The number of fused-ring (bicyclic) bond motifs is 1. The van der Waals surface area contributed by atoms with E-state index in [-0.39, 0.29) is 21.4 Å². The van der Waals surface area contributed by atoms with Gasteiger partial charge in [-0.3, -0.25) is 4.79 Å². The third-order valence-corrected chi connectivity index (χ3v) is 6.17. The van der Waals surface area contributed by atoms with Crippen LogP contribution in [-0.2, 0) is 9.84 Å². The highest BCUT2D eigenvalue weighted by Gasteiger charge is 2.22. The maximum atomic E-state index is 14.1. The number of sulfone groups is 1. The summed E-state index contributed by atoms with van der Waals surface area (Å²) < 4.78 is 50.9. The van der Waals surface area contributed by atoms with Crippen LogP contribution >= 0.6 is 11.8 Å². The van der Waals surface area contributed by atoms with Crippen LogP contribution in [0.1, 0.15) is 10.5 Å². The Bertz CT molecular complexity index is 1150. The molecule has 0 aliphatic carbocycles. The van der Waals surface area contributed by atoms with Gasteiger partial charge in [0.1, 0.15) is 17.3 Å². The monoisotopic (exact) mass is 410 g/mol. The van der Waals surface area contributed by atoms with Crippen LogP contribution in [0.4, 0.5) is 8.78 Å². The molecule has 1 N–H and O–H groups in total. The summed E-state index contributed by atoms with van der Waals surface area (Å²) in [6.07, 6.45) is 1.09. The molecular formula is C18H16F2N2O3S2. The van der Waals surface area contributed by atoms with E-state index >= 15 is 0 Å². The third kappa shape index (κ3) is 3.84. The van der Waals surface area contributed by atoms with Gasteiger partial charge >= 0.3 is 0 Å². The zero-order valence-corrected chi connectivity index (χ0v) is 16.3. The second-order valence-corrected chi connectivity index (χ2v) is 9.25. The number of hydrogen-bond donors (Lipinski definition) is 1. The molecule has 0 unspecified atom stereocenters. The zero-order chi connectivity index (χ0) is 19.9. The molecule has 3 aromatic rings. The number of rotatable bonds is 4. The Hall–Kier alpha value is -2.39. The molecule has 1 aromatic heterocycles. The lowest BCUT2D eigenvalue weighted by molar-refractivity contribution is 0.0819. The number of carbonyl (C=O) groups excluding carboxylic acids is 1. The number of aromatic amines is 1. The first-order valence-corrected chi connectivity index (χ1v) is 10.5. The van der Waals surface area contributed by atoms with E-state index in [1.165, 1.54) is 23.1 Å². The molecule has 142 valence electrons. The minimum atomic E-state index is -3.43. The quantitative estimate of drug-likeness (QED) is 0.712. The van der Waals surface area contributed by atoms with E-state index in [4.69, 9.17) is 0 Å². The number of H-pyrrole nitrogens is 1. The molecule has 2 aromatic carbocycles. The zero-order valence-electron chi connectivity index (χ0n) is 14.7. The number of carbonyl (C=O) groups is 1. The normalized spacial score (nSPS) is 11.7. The molecule has 1 heterocycles. The number of halogens is 2. The van der Waals surface area contributed by atoms with Crippen LogP contribution in [0.15, 0.2) is 51.1 Å². The largest absolute Gasteiger partial charge is 0.350 e. The maximum Gasteiger partial charge on any atom is 0.270 e. The summed E-state index contributed by atoms with van der Waals surface area (Å²) in [5.74, 6) is -1.79. The molecule has 0 saturated carbocycles. The van der Waals surface area contributed by atoms with Crippen LogP contribution in [0.3, 0.4) is 0 Å². The lowest BCUT2D eigenvalue weighted by atomic mass is 10.2. The molecule has 9 heteroatoms. The highest BCUT2D eigenvalue weighted by atomic mass is 32.2. The van der Waals surface area contributed by atoms with E-state index in [0.717, 1.165) is 30.2 Å². The first kappa shape index (κ1) is 19.4. The van der Waals surface area contributed by atoms with Gasteiger partial charge in [-0.15, -0.1) is 0 Å². The van der Waals surface area contributed by atoms with Crippen molar-refractivity contribution in [3.8, 4) is 0 Å². The minimum Gasteiger partial charge on any atom is -0.350 e. The van der Waals surface area contributed by atoms with Gasteiger partial charge in [0, 0.05) is 42.2 Å². The number of nitrogens with one attached hydrogen (secondary N) is 1. The first-order valence-electron chi connectivity index (χ1n) is 7.78. The van der Waals surface area contributed by atoms with E-state index in [2.05, 4.69) is 4.98 Å². The predicted molar refractivity (Wildman–Crippen MR) is 99.9 cm³/mol. The molecule has 0 fully saturated rings. The molecule has 0 aliphatic rings. The molecule has 0 saturated heterocycles. The third-order valence-electron chi connectivity index (χ3n) is 3.88. The van der Waals surface area contributed by atoms with Crippen molar-refractivity contribution in [2.24, 2.45) is 0 Å². The molecule has 0 atom stereocenters. The first-order chi connectivity index (χ1) is 12.6. The fourth-order valence-corrected chi connectivity index (χ4v) is 4.22. The van der Waals surface area contributed by atoms with Gasteiger partial charge in [-0.1, -0.05) is 17.8 Å². The molecule has 1 amide bonds. The summed E-state index contributed by atoms with van der Waals surface area (Å²) in [7, 11) is -0.284. The van der Waals surface area contributed by atoms with Crippen molar-refractivity contribution in [2.45, 2.75) is 14.7 Å². The van der Waals surface area contributed by atoms with Crippen molar-refractivity contribution < 1.29 is 22.0 Å². The lowest BCUT2D eigenvalue weighted by Gasteiger charge is -2.11. The number of hydrogen-bond acceptors (Lipinski definition) is 4. The average molecular weight is 410 g/mol. The van der Waals surface area contributed by atoms with Crippen molar-refractivity contribution in [3.05, 3.63) is 53.7 Å². The van der Waals surface area contributed by atoms with Crippen LogP contribution in [0.5, 0.6) is 0 Å². The molecule has 0 bridgehead atoms. The Balaban J connectivity index is 2.21. The van der Waals surface area contributed by atoms with E-state index < -0.39 is 21.5 Å². The number of benzene rings is 2. The highest BCUT2D eigenvalue weighted by molar-refractivity contribution is 7.99. The fraction of sp³-hybridized carbons (Fsp3) is 0.167. The second-order valence-electron chi connectivity index (χ2n) is 6.19. The summed E-state index contributed by atoms with van der Waals surface area (Å²) >= 11 is 0.975. The standard InChI is InChI=1S/C18H16F2N2O3S2/c1-22(2)18(23)16-17(26-15-7-4-10(19)8-13(15)20)12-6-5-11(27(3,24)25)9-14(12)21-16/h4-9,21H,1-3H3. The van der Waals surface area contributed by atoms with Gasteiger partial charge in [0.25, 0.3) is 5.91 Å². The van der Waals surface area contributed by atoms with Gasteiger partial charge in [-0.2, -0.15) is 0 Å². The molecular weight excluding hydrogens is 394 g/mol. The van der Waals surface area contributed by atoms with Crippen molar-refractivity contribution >= 4 is 38.4 Å². The van der Waals surface area contributed by atoms with Gasteiger partial charge < -0.3 is 9.88 Å². The summed E-state index contributed by atoms with van der Waals surface area (Å²) in [5.41, 5.74) is 0.641. The van der Waals surface area contributed by atoms with Gasteiger partial charge in [0.2, 0.25) is 0 Å². The fourth-order valence-electron chi connectivity index (χ4n) is 2.53. The molecule has 0 aliphatic heterocycles. The SMILES string of the molecule is CN(C)C(=O)c1[nH]c2cc(S(C)(=O)=O)ccc2c1Sc1ccc(F)cc1F. The van der Waals surface area contributed by atoms with Crippen LogP contribution in [0, 0.1) is 11.6 Å². The van der Waals surface area contributed by atoms with E-state index in [9.17, 15) is 22.0 Å². The number of amides is 1. The summed E-state index contributed by atoms with van der Waals surface area (Å²) in [5, 5.41) is 0.571. The Morgan fingerprint density at radius 1 is 1.11 bits per heavy atom. The molecule has 5 nitrogen and oxygen atoms in total. The average Bonchev–Trinajstić information content (AvgIpc) is 2.93. The van der Waals surface area contributed by atoms with Gasteiger partial charge in [-0.05, 0) is 24.3 Å². The van der Waals surface area contributed by atoms with Crippen LogP contribution < -0.4 is 0 Å². The van der Waals surface area contributed by atoms with Crippen LogP contribution in [0.25, 0.3) is 10.9 Å². The molecule has 27 heavy (non-hydrogen) atoms. The Labute approximate surface area is 159 Å². The predicted octanol–water partition coefficient (Wildman–Crippen LogP) is 3.70. The maximum absolute atomic E-state index is 14.1. The van der Waals surface area contributed by atoms with E-state index in [1.54, 1.807) is 20.2 Å². The van der Waals surface area contributed by atoms with Crippen molar-refractivity contribution in [2.75, 3.05) is 20.4 Å². The van der Waals surface area contributed by atoms with E-state index in [1.807, 2.05) is 0 Å².